The van der Waals surface area contributed by atoms with Crippen molar-refractivity contribution in [1.29, 1.82) is 0 Å². The van der Waals surface area contributed by atoms with E-state index >= 15 is 0 Å². The summed E-state index contributed by atoms with van der Waals surface area (Å²) >= 11 is 0. The molecule has 0 aromatic carbocycles. The van der Waals surface area contributed by atoms with E-state index in [0.717, 1.165) is 25.5 Å². The molecular formula is C15H21N7O. The highest BCUT2D eigenvalue weighted by Gasteiger charge is 2.22. The van der Waals surface area contributed by atoms with Crippen molar-refractivity contribution < 1.29 is 4.79 Å². The highest BCUT2D eigenvalue weighted by Crippen LogP contribution is 2.09. The maximum Gasteiger partial charge on any atom is 0.324 e. The molecule has 8 nitrogen and oxygen atoms in total. The smallest absolute Gasteiger partial charge is 0.322 e. The molecule has 2 aromatic rings. The zero-order valence-electron chi connectivity index (χ0n) is 13.4. The van der Waals surface area contributed by atoms with Gasteiger partial charge in [-0.1, -0.05) is 0 Å². The maximum atomic E-state index is 12.3. The van der Waals surface area contributed by atoms with Gasteiger partial charge >= 0.3 is 6.03 Å². The van der Waals surface area contributed by atoms with E-state index in [0.29, 0.717) is 19.0 Å². The van der Waals surface area contributed by atoms with Crippen LogP contribution in [0.1, 0.15) is 11.4 Å². The summed E-state index contributed by atoms with van der Waals surface area (Å²) < 4.78 is 1.64. The lowest BCUT2D eigenvalue weighted by molar-refractivity contribution is 0.143. The fourth-order valence-corrected chi connectivity index (χ4v) is 2.55. The average Bonchev–Trinajstić information content (AvgIpc) is 2.87. The van der Waals surface area contributed by atoms with Crippen LogP contribution in [-0.2, 0) is 13.6 Å². The number of urea groups is 1. The highest BCUT2D eigenvalue weighted by atomic mass is 16.2. The molecule has 3 rings (SSSR count). The minimum absolute atomic E-state index is 0.140. The summed E-state index contributed by atoms with van der Waals surface area (Å²) in [4.78, 5) is 24.6. The van der Waals surface area contributed by atoms with Gasteiger partial charge in [0.1, 0.15) is 5.82 Å². The number of amides is 2. The van der Waals surface area contributed by atoms with Crippen LogP contribution >= 0.6 is 0 Å². The average molecular weight is 315 g/mol. The number of anilines is 1. The Hall–Kier alpha value is -2.48. The molecule has 2 aromatic heterocycles. The molecule has 1 N–H and O–H groups in total. The monoisotopic (exact) mass is 315 g/mol. The van der Waals surface area contributed by atoms with Gasteiger partial charge < -0.3 is 4.90 Å². The predicted octanol–water partition coefficient (Wildman–Crippen LogP) is 0.868. The number of hydrogen-bond donors (Lipinski definition) is 1. The van der Waals surface area contributed by atoms with Crippen molar-refractivity contribution in [2.24, 2.45) is 7.05 Å². The Bertz CT molecular complexity index is 642. The molecule has 8 heteroatoms. The van der Waals surface area contributed by atoms with Crippen molar-refractivity contribution in [3.8, 4) is 0 Å². The normalized spacial score (nSPS) is 15.7. The molecule has 0 bridgehead atoms. The fourth-order valence-electron chi connectivity index (χ4n) is 2.55. The third-order valence-corrected chi connectivity index (χ3v) is 4.01. The molecule has 0 unspecified atom stereocenters. The molecule has 2 amide bonds. The predicted molar refractivity (Wildman–Crippen MR) is 85.8 cm³/mol. The summed E-state index contributed by atoms with van der Waals surface area (Å²) in [5.74, 6) is 1.12. The van der Waals surface area contributed by atoms with Gasteiger partial charge in [-0.15, -0.1) is 5.10 Å². The lowest BCUT2D eigenvalue weighted by Gasteiger charge is -2.34. The molecule has 3 heterocycles. The fraction of sp³-hybridized carbons (Fsp3) is 0.467. The number of hydrogen-bond acceptors (Lipinski definition) is 5. The molecule has 1 fully saturated rings. The van der Waals surface area contributed by atoms with Crippen molar-refractivity contribution in [1.82, 2.24) is 29.5 Å². The van der Waals surface area contributed by atoms with Gasteiger partial charge in [-0.25, -0.2) is 4.79 Å². The molecule has 0 atom stereocenters. The van der Waals surface area contributed by atoms with Crippen LogP contribution in [0.15, 0.2) is 24.5 Å². The number of rotatable bonds is 3. The lowest BCUT2D eigenvalue weighted by Crippen LogP contribution is -2.49. The van der Waals surface area contributed by atoms with Crippen LogP contribution < -0.4 is 5.32 Å². The number of carbonyl (C=O) groups excluding carboxylic acids is 1. The standard InChI is InChI=1S/C15H21N7O/c1-12-17-14(19-20(12)2)18-15(23)22-9-7-21(8-10-22)11-13-3-5-16-6-4-13/h3-6H,7-11H2,1-2H3,(H,18,19,23). The molecule has 0 radical (unpaired) electrons. The maximum absolute atomic E-state index is 12.3. The van der Waals surface area contributed by atoms with Gasteiger partial charge in [0.05, 0.1) is 0 Å². The number of carbonyl (C=O) groups is 1. The number of nitrogens with zero attached hydrogens (tertiary/aromatic N) is 6. The molecular weight excluding hydrogens is 294 g/mol. The summed E-state index contributed by atoms with van der Waals surface area (Å²) in [7, 11) is 1.80. The van der Waals surface area contributed by atoms with Crippen molar-refractivity contribution in [3.05, 3.63) is 35.9 Å². The van der Waals surface area contributed by atoms with E-state index in [1.807, 2.05) is 19.1 Å². The zero-order valence-corrected chi connectivity index (χ0v) is 13.4. The Balaban J connectivity index is 1.49. The Kier molecular flexibility index (Phi) is 4.52. The number of piperazine rings is 1. The van der Waals surface area contributed by atoms with E-state index in [2.05, 4.69) is 25.3 Å². The van der Waals surface area contributed by atoms with E-state index in [1.165, 1.54) is 5.56 Å². The molecule has 1 saturated heterocycles. The summed E-state index contributed by atoms with van der Waals surface area (Å²) in [5.41, 5.74) is 1.24. The van der Waals surface area contributed by atoms with Crippen LogP contribution in [0.2, 0.25) is 0 Å². The topological polar surface area (TPSA) is 79.2 Å². The molecule has 0 saturated carbocycles. The van der Waals surface area contributed by atoms with Crippen molar-refractivity contribution >= 4 is 12.0 Å². The van der Waals surface area contributed by atoms with Crippen LogP contribution in [0.25, 0.3) is 0 Å². The first-order valence-corrected chi connectivity index (χ1v) is 7.66. The molecule has 1 aliphatic rings. The van der Waals surface area contributed by atoms with Crippen LogP contribution in [0.3, 0.4) is 0 Å². The van der Waals surface area contributed by atoms with E-state index in [4.69, 9.17) is 0 Å². The largest absolute Gasteiger partial charge is 0.324 e. The van der Waals surface area contributed by atoms with Gasteiger partial charge in [-0.05, 0) is 24.6 Å². The SMILES string of the molecule is Cc1nc(NC(=O)N2CCN(Cc3ccncc3)CC2)nn1C. The van der Waals surface area contributed by atoms with Gasteiger partial charge in [-0.3, -0.25) is 19.9 Å². The Labute approximate surface area is 135 Å². The van der Waals surface area contributed by atoms with Gasteiger partial charge in [0.15, 0.2) is 0 Å². The van der Waals surface area contributed by atoms with Gasteiger partial charge in [0.25, 0.3) is 0 Å². The van der Waals surface area contributed by atoms with Crippen molar-refractivity contribution in [2.75, 3.05) is 31.5 Å². The number of aromatic nitrogens is 4. The first-order chi connectivity index (χ1) is 11.1. The van der Waals surface area contributed by atoms with Crippen LogP contribution in [0.4, 0.5) is 10.7 Å². The third kappa shape index (κ3) is 3.84. The minimum atomic E-state index is -0.140. The van der Waals surface area contributed by atoms with Gasteiger partial charge in [-0.2, -0.15) is 4.98 Å². The minimum Gasteiger partial charge on any atom is -0.322 e. The van der Waals surface area contributed by atoms with Gasteiger partial charge in [0.2, 0.25) is 5.95 Å². The Morgan fingerprint density at radius 2 is 1.91 bits per heavy atom. The van der Waals surface area contributed by atoms with E-state index in [1.54, 1.807) is 29.0 Å². The van der Waals surface area contributed by atoms with E-state index < -0.39 is 0 Å². The number of nitrogens with one attached hydrogen (secondary N) is 1. The number of pyridine rings is 1. The summed E-state index contributed by atoms with van der Waals surface area (Å²) in [5, 5.41) is 6.90. The third-order valence-electron chi connectivity index (χ3n) is 4.01. The van der Waals surface area contributed by atoms with Crippen LogP contribution in [0, 0.1) is 6.92 Å². The summed E-state index contributed by atoms with van der Waals surface area (Å²) in [6.07, 6.45) is 3.61. The second-order valence-electron chi connectivity index (χ2n) is 5.66. The molecule has 0 aliphatic carbocycles. The van der Waals surface area contributed by atoms with E-state index in [9.17, 15) is 4.79 Å². The quantitative estimate of drug-likeness (QED) is 0.909. The lowest BCUT2D eigenvalue weighted by atomic mass is 10.2. The Morgan fingerprint density at radius 3 is 2.52 bits per heavy atom. The molecule has 23 heavy (non-hydrogen) atoms. The first-order valence-electron chi connectivity index (χ1n) is 7.66. The Morgan fingerprint density at radius 1 is 1.22 bits per heavy atom. The van der Waals surface area contributed by atoms with Crippen molar-refractivity contribution in [2.45, 2.75) is 13.5 Å². The summed E-state index contributed by atoms with van der Waals surface area (Å²) in [6, 6.07) is 3.90. The zero-order chi connectivity index (χ0) is 16.2. The molecule has 1 aliphatic heterocycles. The van der Waals surface area contributed by atoms with Crippen LogP contribution in [0.5, 0.6) is 0 Å². The second-order valence-corrected chi connectivity index (χ2v) is 5.66. The number of aryl methyl sites for hydroxylation is 2. The van der Waals surface area contributed by atoms with Crippen LogP contribution in [-0.4, -0.2) is 61.8 Å². The molecule has 122 valence electrons. The second kappa shape index (κ2) is 6.74. The summed E-state index contributed by atoms with van der Waals surface area (Å²) in [6.45, 7) is 5.83. The van der Waals surface area contributed by atoms with E-state index in [-0.39, 0.29) is 6.03 Å². The molecule has 0 spiro atoms. The highest BCUT2D eigenvalue weighted by molar-refractivity contribution is 5.87. The van der Waals surface area contributed by atoms with Gasteiger partial charge in [0, 0.05) is 52.2 Å². The first kappa shape index (κ1) is 15.4. The van der Waals surface area contributed by atoms with Crippen molar-refractivity contribution in [3.63, 3.8) is 0 Å².